The monoisotopic (exact) mass is 218 g/mol. The number of benzene rings is 1. The Labute approximate surface area is 93.4 Å². The highest BCUT2D eigenvalue weighted by Gasteiger charge is 2.48. The van der Waals surface area contributed by atoms with Gasteiger partial charge in [0.05, 0.1) is 0 Å². The Morgan fingerprint density at radius 2 is 2.20 bits per heavy atom. The summed E-state index contributed by atoms with van der Waals surface area (Å²) in [7, 11) is 0. The van der Waals surface area contributed by atoms with Crippen molar-refractivity contribution in [3.8, 4) is 5.75 Å². The van der Waals surface area contributed by atoms with Crippen LogP contribution in [0.1, 0.15) is 25.8 Å². The average Bonchev–Trinajstić information content (AvgIpc) is 2.62. The zero-order valence-corrected chi connectivity index (χ0v) is 9.77. The largest absolute Gasteiger partial charge is 0.508 e. The second-order valence-corrected chi connectivity index (χ2v) is 5.76. The van der Waals surface area contributed by atoms with Crippen molar-refractivity contribution in [1.29, 1.82) is 0 Å². The lowest BCUT2D eigenvalue weighted by Crippen LogP contribution is -2.01. The fraction of sp³-hybridized carbons (Fsp3) is 0.385. The average molecular weight is 218 g/mol. The van der Waals surface area contributed by atoms with Crippen molar-refractivity contribution in [3.63, 3.8) is 0 Å². The molecule has 78 valence electrons. The fourth-order valence-electron chi connectivity index (χ4n) is 2.41. The fourth-order valence-corrected chi connectivity index (χ4v) is 3.50. The van der Waals surface area contributed by atoms with E-state index in [1.54, 1.807) is 17.4 Å². The molecule has 1 aliphatic carbocycles. The number of phenols is 1. The molecule has 1 N–H and O–H groups in total. The van der Waals surface area contributed by atoms with Crippen LogP contribution in [0.2, 0.25) is 0 Å². The minimum atomic E-state index is 0.353. The van der Waals surface area contributed by atoms with Gasteiger partial charge in [-0.1, -0.05) is 13.8 Å². The molecule has 1 saturated carbocycles. The van der Waals surface area contributed by atoms with Crippen LogP contribution in [0.25, 0.3) is 10.1 Å². The normalized spacial score (nSPS) is 29.6. The Hall–Kier alpha value is -1.02. The van der Waals surface area contributed by atoms with Crippen LogP contribution in [0.4, 0.5) is 0 Å². The van der Waals surface area contributed by atoms with Crippen LogP contribution in [-0.4, -0.2) is 5.11 Å². The Morgan fingerprint density at radius 1 is 1.47 bits per heavy atom. The van der Waals surface area contributed by atoms with Crippen LogP contribution >= 0.6 is 11.3 Å². The predicted octanol–water partition coefficient (Wildman–Crippen LogP) is 3.90. The molecule has 1 aliphatic rings. The highest BCUT2D eigenvalue weighted by atomic mass is 32.1. The van der Waals surface area contributed by atoms with Crippen molar-refractivity contribution in [3.05, 3.63) is 29.1 Å². The van der Waals surface area contributed by atoms with Crippen LogP contribution < -0.4 is 0 Å². The van der Waals surface area contributed by atoms with E-state index in [1.165, 1.54) is 22.1 Å². The van der Waals surface area contributed by atoms with Gasteiger partial charge >= 0.3 is 0 Å². The van der Waals surface area contributed by atoms with Crippen molar-refractivity contribution in [2.45, 2.75) is 25.7 Å². The van der Waals surface area contributed by atoms with Gasteiger partial charge < -0.3 is 5.11 Å². The Bertz CT molecular complexity index is 528. The zero-order valence-electron chi connectivity index (χ0n) is 8.95. The first kappa shape index (κ1) is 9.22. The third-order valence-electron chi connectivity index (χ3n) is 3.83. The van der Waals surface area contributed by atoms with Crippen molar-refractivity contribution >= 4 is 21.4 Å². The Balaban J connectivity index is 2.24. The molecule has 1 nitrogen and oxygen atoms in total. The molecular formula is C13H14OS. The number of phenolic OH excluding ortho intramolecular Hbond substituents is 1. The van der Waals surface area contributed by atoms with Crippen molar-refractivity contribution in [2.75, 3.05) is 0 Å². The van der Waals surface area contributed by atoms with E-state index in [-0.39, 0.29) is 0 Å². The van der Waals surface area contributed by atoms with E-state index in [2.05, 4.69) is 19.2 Å². The SMILES string of the molecule is CC1CC1(C)c1csc2ccc(O)cc12. The van der Waals surface area contributed by atoms with Crippen LogP contribution in [-0.2, 0) is 5.41 Å². The van der Waals surface area contributed by atoms with E-state index in [4.69, 9.17) is 0 Å². The summed E-state index contributed by atoms with van der Waals surface area (Å²) in [5.41, 5.74) is 1.78. The second-order valence-electron chi connectivity index (χ2n) is 4.85. The maximum absolute atomic E-state index is 9.53. The second kappa shape index (κ2) is 2.76. The van der Waals surface area contributed by atoms with E-state index in [9.17, 15) is 5.11 Å². The molecule has 0 saturated heterocycles. The third kappa shape index (κ3) is 1.21. The van der Waals surface area contributed by atoms with Gasteiger partial charge in [-0.15, -0.1) is 11.3 Å². The van der Waals surface area contributed by atoms with E-state index >= 15 is 0 Å². The topological polar surface area (TPSA) is 20.2 Å². The standard InChI is InChI=1S/C13H14OS/c1-8-6-13(8,2)11-7-15-12-4-3-9(14)5-10(11)12/h3-5,7-8,14H,6H2,1-2H3. The summed E-state index contributed by atoms with van der Waals surface area (Å²) in [5.74, 6) is 1.15. The highest BCUT2D eigenvalue weighted by molar-refractivity contribution is 7.17. The first-order valence-corrected chi connectivity index (χ1v) is 6.20. The number of thiophene rings is 1. The minimum Gasteiger partial charge on any atom is -0.508 e. The van der Waals surface area contributed by atoms with Crippen LogP contribution in [0, 0.1) is 5.92 Å². The molecular weight excluding hydrogens is 204 g/mol. The molecule has 2 aromatic rings. The minimum absolute atomic E-state index is 0.353. The molecule has 0 radical (unpaired) electrons. The van der Waals surface area contributed by atoms with E-state index in [1.807, 2.05) is 12.1 Å². The quantitative estimate of drug-likeness (QED) is 0.769. The third-order valence-corrected chi connectivity index (χ3v) is 4.79. The lowest BCUT2D eigenvalue weighted by Gasteiger charge is -2.08. The molecule has 1 aromatic carbocycles. The van der Waals surface area contributed by atoms with Crippen LogP contribution in [0.5, 0.6) is 5.75 Å². The first-order chi connectivity index (χ1) is 7.11. The summed E-state index contributed by atoms with van der Waals surface area (Å²) in [6, 6.07) is 5.67. The number of fused-ring (bicyclic) bond motifs is 1. The van der Waals surface area contributed by atoms with Crippen molar-refractivity contribution < 1.29 is 5.11 Å². The summed E-state index contributed by atoms with van der Waals surface area (Å²) in [4.78, 5) is 0. The Morgan fingerprint density at radius 3 is 2.87 bits per heavy atom. The highest BCUT2D eigenvalue weighted by Crippen LogP contribution is 2.56. The van der Waals surface area contributed by atoms with Crippen molar-refractivity contribution in [2.24, 2.45) is 5.92 Å². The number of rotatable bonds is 1. The summed E-state index contributed by atoms with van der Waals surface area (Å²) in [5, 5.41) is 13.0. The molecule has 2 atom stereocenters. The lowest BCUT2D eigenvalue weighted by atomic mass is 9.95. The van der Waals surface area contributed by atoms with Crippen molar-refractivity contribution in [1.82, 2.24) is 0 Å². The molecule has 0 aliphatic heterocycles. The molecule has 15 heavy (non-hydrogen) atoms. The van der Waals surface area contributed by atoms with Gasteiger partial charge in [0, 0.05) is 4.70 Å². The van der Waals surface area contributed by atoms with Gasteiger partial charge in [0.15, 0.2) is 0 Å². The van der Waals surface area contributed by atoms with E-state index < -0.39 is 0 Å². The number of aromatic hydroxyl groups is 1. The molecule has 1 aromatic heterocycles. The molecule has 0 bridgehead atoms. The molecule has 3 rings (SSSR count). The Kier molecular flexibility index (Phi) is 1.70. The molecule has 1 heterocycles. The molecule has 2 heteroatoms. The van der Waals surface area contributed by atoms with Gasteiger partial charge in [-0.05, 0) is 52.3 Å². The zero-order chi connectivity index (χ0) is 10.6. The van der Waals surface area contributed by atoms with Crippen LogP contribution in [0.15, 0.2) is 23.6 Å². The molecule has 1 fully saturated rings. The lowest BCUT2D eigenvalue weighted by molar-refractivity contribution is 0.476. The van der Waals surface area contributed by atoms with Gasteiger partial charge in [0.25, 0.3) is 0 Å². The number of hydrogen-bond acceptors (Lipinski definition) is 2. The van der Waals surface area contributed by atoms with E-state index in [0.717, 1.165) is 5.92 Å². The summed E-state index contributed by atoms with van der Waals surface area (Å²) < 4.78 is 1.28. The van der Waals surface area contributed by atoms with Crippen LogP contribution in [0.3, 0.4) is 0 Å². The number of hydrogen-bond donors (Lipinski definition) is 1. The van der Waals surface area contributed by atoms with Gasteiger partial charge in [-0.25, -0.2) is 0 Å². The smallest absolute Gasteiger partial charge is 0.116 e. The summed E-state index contributed by atoms with van der Waals surface area (Å²) in [6.45, 7) is 4.62. The van der Waals surface area contributed by atoms with Gasteiger partial charge in [0.2, 0.25) is 0 Å². The molecule has 2 unspecified atom stereocenters. The predicted molar refractivity (Wildman–Crippen MR) is 64.6 cm³/mol. The maximum Gasteiger partial charge on any atom is 0.116 e. The van der Waals surface area contributed by atoms with Gasteiger partial charge in [-0.2, -0.15) is 0 Å². The molecule has 0 spiro atoms. The first-order valence-electron chi connectivity index (χ1n) is 5.32. The summed E-state index contributed by atoms with van der Waals surface area (Å²) in [6.07, 6.45) is 1.27. The summed E-state index contributed by atoms with van der Waals surface area (Å²) >= 11 is 1.78. The van der Waals surface area contributed by atoms with Gasteiger partial charge in [0.1, 0.15) is 5.75 Å². The molecule has 0 amide bonds. The van der Waals surface area contributed by atoms with E-state index in [0.29, 0.717) is 11.2 Å². The maximum atomic E-state index is 9.53. The van der Waals surface area contributed by atoms with Gasteiger partial charge in [-0.3, -0.25) is 0 Å².